The van der Waals surface area contributed by atoms with E-state index in [0.717, 1.165) is 0 Å². The molecule has 1 aromatic rings. The van der Waals surface area contributed by atoms with Crippen LogP contribution in [-0.2, 0) is 14.4 Å². The minimum absolute atomic E-state index is 0.0575. The van der Waals surface area contributed by atoms with E-state index in [9.17, 15) is 14.4 Å². The number of guanidine groups is 1. The van der Waals surface area contributed by atoms with Gasteiger partial charge in [0.2, 0.25) is 11.8 Å². The number of carboxylic acid groups (broad SMARTS) is 1. The van der Waals surface area contributed by atoms with Crippen LogP contribution in [0.15, 0.2) is 35.3 Å². The average Bonchev–Trinajstić information content (AvgIpc) is 2.57. The second-order valence-electron chi connectivity index (χ2n) is 6.26. The molecule has 9 heteroatoms. The average molecular weight is 375 g/mol. The first-order valence-corrected chi connectivity index (χ1v) is 8.35. The smallest absolute Gasteiger partial charge is 0.305 e. The van der Waals surface area contributed by atoms with Gasteiger partial charge in [-0.2, -0.15) is 0 Å². The Balaban J connectivity index is 2.71. The van der Waals surface area contributed by atoms with E-state index in [0.29, 0.717) is 17.8 Å². The maximum Gasteiger partial charge on any atom is 0.305 e. The molecule has 0 unspecified atom stereocenters. The molecule has 27 heavy (non-hydrogen) atoms. The van der Waals surface area contributed by atoms with Gasteiger partial charge in [0.15, 0.2) is 5.96 Å². The van der Waals surface area contributed by atoms with Crippen molar-refractivity contribution in [1.82, 2.24) is 10.6 Å². The van der Waals surface area contributed by atoms with Crippen LogP contribution in [0, 0.1) is 5.92 Å². The van der Waals surface area contributed by atoms with E-state index in [2.05, 4.69) is 15.6 Å². The number of rotatable bonds is 9. The third-order valence-electron chi connectivity index (χ3n) is 3.27. The fraction of sp³-hybridized carbons (Fsp3) is 0.333. The summed E-state index contributed by atoms with van der Waals surface area (Å²) < 4.78 is 0. The highest BCUT2D eigenvalue weighted by Crippen LogP contribution is 2.13. The first-order chi connectivity index (χ1) is 12.7. The molecule has 0 saturated heterocycles. The molecule has 146 valence electrons. The second kappa shape index (κ2) is 10.6. The Morgan fingerprint density at radius 3 is 2.33 bits per heavy atom. The Hall–Kier alpha value is -3.36. The lowest BCUT2D eigenvalue weighted by atomic mass is 10.1. The van der Waals surface area contributed by atoms with Crippen LogP contribution < -0.4 is 22.1 Å². The quantitative estimate of drug-likeness (QED) is 0.238. The molecule has 1 aromatic carbocycles. The number of hydrogen-bond donors (Lipinski definition) is 5. The Morgan fingerprint density at radius 1 is 1.19 bits per heavy atom. The van der Waals surface area contributed by atoms with Gasteiger partial charge < -0.3 is 27.2 Å². The highest BCUT2D eigenvalue weighted by molar-refractivity contribution is 5.96. The zero-order valence-electron chi connectivity index (χ0n) is 15.3. The Bertz CT molecular complexity index is 722. The summed E-state index contributed by atoms with van der Waals surface area (Å²) in [6.07, 6.45) is 2.25. The zero-order valence-corrected chi connectivity index (χ0v) is 15.3. The molecule has 0 aromatic heterocycles. The molecule has 0 fully saturated rings. The highest BCUT2D eigenvalue weighted by Gasteiger charge is 2.22. The minimum atomic E-state index is -1.18. The van der Waals surface area contributed by atoms with Crippen LogP contribution in [0.4, 0.5) is 5.69 Å². The number of amides is 2. The lowest BCUT2D eigenvalue weighted by molar-refractivity contribution is -0.140. The maximum absolute atomic E-state index is 12.1. The van der Waals surface area contributed by atoms with Crippen molar-refractivity contribution in [2.75, 3.05) is 6.54 Å². The van der Waals surface area contributed by atoms with E-state index < -0.39 is 30.2 Å². The van der Waals surface area contributed by atoms with Crippen molar-refractivity contribution in [3.63, 3.8) is 0 Å². The number of hydrogen-bond acceptors (Lipinski definition) is 4. The summed E-state index contributed by atoms with van der Waals surface area (Å²) in [7, 11) is 0. The number of aliphatic carboxylic acids is 1. The number of benzene rings is 1. The number of nitrogens with two attached hydrogens (primary N) is 2. The van der Waals surface area contributed by atoms with E-state index >= 15 is 0 Å². The van der Waals surface area contributed by atoms with Gasteiger partial charge in [0.05, 0.1) is 12.1 Å². The van der Waals surface area contributed by atoms with Crippen LogP contribution in [0.25, 0.3) is 6.08 Å². The van der Waals surface area contributed by atoms with Crippen molar-refractivity contribution in [3.8, 4) is 0 Å². The van der Waals surface area contributed by atoms with Crippen molar-refractivity contribution in [3.05, 3.63) is 35.9 Å². The summed E-state index contributed by atoms with van der Waals surface area (Å²) >= 11 is 0. The van der Waals surface area contributed by atoms with Crippen LogP contribution in [-0.4, -0.2) is 41.4 Å². The van der Waals surface area contributed by atoms with Gasteiger partial charge in [0, 0.05) is 12.6 Å². The third kappa shape index (κ3) is 9.05. The molecule has 0 saturated carbocycles. The standard InChI is InChI=1S/C18H25N5O4/c1-11(2)10-21-17(27)14(9-16(25)26)23-15(24)8-5-12-3-6-13(7-4-12)22-18(19)20/h3-8,11,14H,9-10H2,1-2H3,(H,21,27)(H,23,24)(H,25,26)(H4,19,20,22)/t14-/m0/s1. The summed E-state index contributed by atoms with van der Waals surface area (Å²) in [5.74, 6) is -2.14. The lowest BCUT2D eigenvalue weighted by Crippen LogP contribution is -2.48. The topological polar surface area (TPSA) is 160 Å². The molecule has 0 aliphatic carbocycles. The van der Waals surface area contributed by atoms with E-state index in [1.165, 1.54) is 12.2 Å². The minimum Gasteiger partial charge on any atom is -0.481 e. The van der Waals surface area contributed by atoms with Gasteiger partial charge >= 0.3 is 5.97 Å². The lowest BCUT2D eigenvalue weighted by Gasteiger charge is -2.16. The third-order valence-corrected chi connectivity index (χ3v) is 3.27. The number of nitrogens with zero attached hydrogens (tertiary/aromatic N) is 1. The molecule has 1 atom stereocenters. The van der Waals surface area contributed by atoms with Gasteiger partial charge in [0.1, 0.15) is 6.04 Å². The number of aliphatic imine (C=N–C) groups is 1. The predicted molar refractivity (Wildman–Crippen MR) is 103 cm³/mol. The van der Waals surface area contributed by atoms with E-state index in [1.807, 2.05) is 13.8 Å². The summed E-state index contributed by atoms with van der Waals surface area (Å²) in [5.41, 5.74) is 11.9. The molecule has 2 amide bonds. The molecule has 0 spiro atoms. The van der Waals surface area contributed by atoms with Gasteiger partial charge in [-0.25, -0.2) is 4.99 Å². The van der Waals surface area contributed by atoms with Gasteiger partial charge in [-0.3, -0.25) is 14.4 Å². The van der Waals surface area contributed by atoms with Gasteiger partial charge in [0.25, 0.3) is 0 Å². The fourth-order valence-electron chi connectivity index (χ4n) is 2.01. The highest BCUT2D eigenvalue weighted by atomic mass is 16.4. The summed E-state index contributed by atoms with van der Waals surface area (Å²) in [5, 5.41) is 14.0. The molecule has 1 rings (SSSR count). The summed E-state index contributed by atoms with van der Waals surface area (Å²) in [4.78, 5) is 38.9. The van der Waals surface area contributed by atoms with Crippen LogP contribution >= 0.6 is 0 Å². The van der Waals surface area contributed by atoms with Gasteiger partial charge in [-0.15, -0.1) is 0 Å². The van der Waals surface area contributed by atoms with Crippen LogP contribution in [0.1, 0.15) is 25.8 Å². The fourth-order valence-corrected chi connectivity index (χ4v) is 2.01. The molecular weight excluding hydrogens is 350 g/mol. The van der Waals surface area contributed by atoms with Crippen LogP contribution in [0.3, 0.4) is 0 Å². The van der Waals surface area contributed by atoms with Crippen molar-refractivity contribution in [2.45, 2.75) is 26.3 Å². The molecular formula is C18H25N5O4. The number of nitrogens with one attached hydrogen (secondary N) is 2. The van der Waals surface area contributed by atoms with Crippen molar-refractivity contribution in [1.29, 1.82) is 0 Å². The normalized spacial score (nSPS) is 11.8. The summed E-state index contributed by atoms with van der Waals surface area (Å²) in [6.45, 7) is 4.21. The van der Waals surface area contributed by atoms with Crippen molar-refractivity contribution in [2.24, 2.45) is 22.4 Å². The zero-order chi connectivity index (χ0) is 20.4. The molecule has 0 radical (unpaired) electrons. The van der Waals surface area contributed by atoms with Gasteiger partial charge in [-0.05, 0) is 29.7 Å². The maximum atomic E-state index is 12.1. The molecule has 0 aliphatic rings. The molecule has 9 nitrogen and oxygen atoms in total. The SMILES string of the molecule is CC(C)CNC(=O)[C@H](CC(=O)O)NC(=O)C=Cc1ccc(N=C(N)N)cc1. The Morgan fingerprint density at radius 2 is 1.81 bits per heavy atom. The first kappa shape index (κ1) is 21.7. The van der Waals surface area contributed by atoms with Crippen molar-refractivity contribution >= 4 is 35.5 Å². The van der Waals surface area contributed by atoms with Crippen molar-refractivity contribution < 1.29 is 19.5 Å². The van der Waals surface area contributed by atoms with Gasteiger partial charge in [-0.1, -0.05) is 26.0 Å². The monoisotopic (exact) mass is 375 g/mol. The van der Waals surface area contributed by atoms with E-state index in [4.69, 9.17) is 16.6 Å². The summed E-state index contributed by atoms with van der Waals surface area (Å²) in [6, 6.07) is 5.60. The number of carbonyl (C=O) groups is 3. The largest absolute Gasteiger partial charge is 0.481 e. The molecule has 7 N–H and O–H groups in total. The van der Waals surface area contributed by atoms with E-state index in [1.54, 1.807) is 24.3 Å². The molecule has 0 aliphatic heterocycles. The first-order valence-electron chi connectivity index (χ1n) is 8.35. The second-order valence-corrected chi connectivity index (χ2v) is 6.26. The van der Waals surface area contributed by atoms with Crippen LogP contribution in [0.2, 0.25) is 0 Å². The Labute approximate surface area is 157 Å². The number of carboxylic acids is 1. The molecule has 0 heterocycles. The predicted octanol–water partition coefficient (Wildman–Crippen LogP) is 0.336. The van der Waals surface area contributed by atoms with Crippen LogP contribution in [0.5, 0.6) is 0 Å². The van der Waals surface area contributed by atoms with E-state index in [-0.39, 0.29) is 11.9 Å². The Kier molecular flexibility index (Phi) is 8.50. The number of carbonyl (C=O) groups excluding carboxylic acids is 2. The molecule has 0 bridgehead atoms.